The van der Waals surface area contributed by atoms with Crippen LogP contribution >= 0.6 is 11.6 Å². The van der Waals surface area contributed by atoms with Gasteiger partial charge in [-0.05, 0) is 42.3 Å². The lowest BCUT2D eigenvalue weighted by Crippen LogP contribution is -2.14. The Hall–Kier alpha value is -3.37. The molecule has 0 saturated carbocycles. The van der Waals surface area contributed by atoms with Gasteiger partial charge in [-0.2, -0.15) is 5.26 Å². The molecular formula is C20H19ClN2O5. The number of phenolic OH excluding ortho intramolecular Hbond substituents is 1. The molecule has 0 spiro atoms. The molecule has 0 unspecified atom stereocenters. The van der Waals surface area contributed by atoms with Crippen LogP contribution in [0.25, 0.3) is 6.08 Å². The van der Waals surface area contributed by atoms with Gasteiger partial charge in [-0.15, -0.1) is 0 Å². The number of hydrogen-bond acceptors (Lipinski definition) is 6. The van der Waals surface area contributed by atoms with E-state index in [-0.39, 0.29) is 22.8 Å². The smallest absolute Gasteiger partial charge is 0.266 e. The summed E-state index contributed by atoms with van der Waals surface area (Å²) >= 11 is 6.07. The number of hydrogen-bond donors (Lipinski definition) is 2. The molecule has 2 aromatic carbocycles. The van der Waals surface area contributed by atoms with E-state index in [2.05, 4.69) is 5.32 Å². The van der Waals surface area contributed by atoms with Gasteiger partial charge in [-0.25, -0.2) is 0 Å². The molecule has 0 atom stereocenters. The lowest BCUT2D eigenvalue weighted by Gasteiger charge is -2.12. The van der Waals surface area contributed by atoms with Crippen molar-refractivity contribution in [3.8, 4) is 29.1 Å². The Morgan fingerprint density at radius 3 is 2.18 bits per heavy atom. The summed E-state index contributed by atoms with van der Waals surface area (Å²) in [6, 6.07) is 8.06. The Balaban J connectivity index is 2.40. The molecule has 0 aliphatic heterocycles. The minimum Gasteiger partial charge on any atom is -0.502 e. The summed E-state index contributed by atoms with van der Waals surface area (Å²) in [5.41, 5.74) is 1.41. The van der Waals surface area contributed by atoms with Crippen molar-refractivity contribution < 1.29 is 24.1 Å². The molecule has 0 saturated heterocycles. The predicted octanol–water partition coefficient (Wildman–Crippen LogP) is 3.93. The van der Waals surface area contributed by atoms with Crippen molar-refractivity contribution in [3.63, 3.8) is 0 Å². The number of carbonyl (C=O) groups is 1. The van der Waals surface area contributed by atoms with Crippen LogP contribution in [0.1, 0.15) is 11.1 Å². The number of anilines is 1. The molecule has 2 N–H and O–H groups in total. The Bertz CT molecular complexity index is 954. The van der Waals surface area contributed by atoms with E-state index in [1.807, 2.05) is 6.07 Å². The van der Waals surface area contributed by atoms with Gasteiger partial charge >= 0.3 is 0 Å². The second kappa shape index (κ2) is 9.02. The number of carbonyl (C=O) groups excluding carboxylic acids is 1. The van der Waals surface area contributed by atoms with Crippen LogP contribution in [0.5, 0.6) is 23.0 Å². The van der Waals surface area contributed by atoms with E-state index in [0.717, 1.165) is 5.56 Å². The number of nitrogens with one attached hydrogen (secondary N) is 1. The summed E-state index contributed by atoms with van der Waals surface area (Å²) < 4.78 is 15.4. The van der Waals surface area contributed by atoms with Gasteiger partial charge in [0.2, 0.25) is 5.75 Å². The zero-order valence-corrected chi connectivity index (χ0v) is 16.5. The summed E-state index contributed by atoms with van der Waals surface area (Å²) in [5.74, 6) is -0.134. The standard InChI is InChI=1S/C20H19ClN2O5/c1-11-5-15(16(26-2)9-14(11)21)23-20(25)13(10-22)6-12-7-17(27-3)19(24)18(8-12)28-4/h5-9,24H,1-4H3,(H,23,25)/b13-6+. The minimum atomic E-state index is -0.631. The van der Waals surface area contributed by atoms with Crippen molar-refractivity contribution >= 4 is 29.3 Å². The van der Waals surface area contributed by atoms with Crippen LogP contribution in [0.15, 0.2) is 29.8 Å². The van der Waals surface area contributed by atoms with Crippen LogP contribution in [0.3, 0.4) is 0 Å². The molecule has 0 aliphatic rings. The SMILES string of the molecule is COc1cc(Cl)c(C)cc1NC(=O)/C(C#N)=C/c1cc(OC)c(O)c(OC)c1. The van der Waals surface area contributed by atoms with Crippen molar-refractivity contribution in [1.82, 2.24) is 0 Å². The maximum absolute atomic E-state index is 12.6. The Labute approximate surface area is 167 Å². The largest absolute Gasteiger partial charge is 0.502 e. The zero-order valence-electron chi connectivity index (χ0n) is 15.8. The molecule has 0 fully saturated rings. The number of phenols is 1. The maximum Gasteiger partial charge on any atom is 0.266 e. The van der Waals surface area contributed by atoms with Crippen molar-refractivity contribution in [2.75, 3.05) is 26.6 Å². The first-order valence-electron chi connectivity index (χ1n) is 8.06. The van der Waals surface area contributed by atoms with Crippen molar-refractivity contribution in [2.45, 2.75) is 6.92 Å². The first-order chi connectivity index (χ1) is 13.3. The molecule has 2 aromatic rings. The third-order valence-corrected chi connectivity index (χ3v) is 4.31. The van der Waals surface area contributed by atoms with Gasteiger partial charge in [-0.3, -0.25) is 4.79 Å². The molecule has 2 rings (SSSR count). The van der Waals surface area contributed by atoms with Gasteiger partial charge < -0.3 is 24.6 Å². The van der Waals surface area contributed by atoms with Gasteiger partial charge in [0.15, 0.2) is 11.5 Å². The first-order valence-corrected chi connectivity index (χ1v) is 8.44. The third-order valence-electron chi connectivity index (χ3n) is 3.91. The van der Waals surface area contributed by atoms with Crippen molar-refractivity contribution in [1.29, 1.82) is 5.26 Å². The topological polar surface area (TPSA) is 101 Å². The molecule has 0 bridgehead atoms. The van der Waals surface area contributed by atoms with E-state index in [0.29, 0.717) is 22.0 Å². The van der Waals surface area contributed by atoms with Crippen molar-refractivity contribution in [3.05, 3.63) is 46.0 Å². The molecule has 7 nitrogen and oxygen atoms in total. The van der Waals surface area contributed by atoms with E-state index in [1.165, 1.54) is 39.5 Å². The molecule has 28 heavy (non-hydrogen) atoms. The monoisotopic (exact) mass is 402 g/mol. The fourth-order valence-corrected chi connectivity index (χ4v) is 2.59. The first kappa shape index (κ1) is 20.9. The van der Waals surface area contributed by atoms with Gasteiger partial charge in [-0.1, -0.05) is 11.6 Å². The Kier molecular flexibility index (Phi) is 6.74. The van der Waals surface area contributed by atoms with Crippen LogP contribution in [0.4, 0.5) is 5.69 Å². The average molecular weight is 403 g/mol. The van der Waals surface area contributed by atoms with Crippen LogP contribution in [-0.2, 0) is 4.79 Å². The highest BCUT2D eigenvalue weighted by molar-refractivity contribution is 6.31. The number of nitriles is 1. The van der Waals surface area contributed by atoms with Crippen molar-refractivity contribution in [2.24, 2.45) is 0 Å². The molecule has 0 radical (unpaired) electrons. The van der Waals surface area contributed by atoms with E-state index >= 15 is 0 Å². The van der Waals surface area contributed by atoms with Gasteiger partial charge in [0.1, 0.15) is 17.4 Å². The highest BCUT2D eigenvalue weighted by Gasteiger charge is 2.16. The fourth-order valence-electron chi connectivity index (χ4n) is 2.43. The molecular weight excluding hydrogens is 384 g/mol. The van der Waals surface area contributed by atoms with Gasteiger partial charge in [0.25, 0.3) is 5.91 Å². The Morgan fingerprint density at radius 2 is 1.68 bits per heavy atom. The predicted molar refractivity (Wildman–Crippen MR) is 106 cm³/mol. The molecule has 0 aromatic heterocycles. The number of aromatic hydroxyl groups is 1. The second-order valence-electron chi connectivity index (χ2n) is 5.70. The number of methoxy groups -OCH3 is 3. The zero-order chi connectivity index (χ0) is 20.8. The van der Waals surface area contributed by atoms with Crippen LogP contribution < -0.4 is 19.5 Å². The lowest BCUT2D eigenvalue weighted by atomic mass is 10.1. The minimum absolute atomic E-state index is 0.151. The molecule has 1 amide bonds. The quantitative estimate of drug-likeness (QED) is 0.561. The average Bonchev–Trinajstić information content (AvgIpc) is 2.69. The number of halogens is 1. The summed E-state index contributed by atoms with van der Waals surface area (Å²) in [4.78, 5) is 12.6. The highest BCUT2D eigenvalue weighted by Crippen LogP contribution is 2.37. The number of rotatable bonds is 6. The van der Waals surface area contributed by atoms with Crippen LogP contribution in [0.2, 0.25) is 5.02 Å². The molecule has 8 heteroatoms. The summed E-state index contributed by atoms with van der Waals surface area (Å²) in [5, 5.41) is 22.5. The summed E-state index contributed by atoms with van der Waals surface area (Å²) in [7, 11) is 4.22. The number of benzene rings is 2. The lowest BCUT2D eigenvalue weighted by molar-refractivity contribution is -0.112. The normalized spacial score (nSPS) is 10.8. The van der Waals surface area contributed by atoms with E-state index < -0.39 is 5.91 Å². The number of nitrogens with zero attached hydrogens (tertiary/aromatic N) is 1. The van der Waals surface area contributed by atoms with Gasteiger partial charge in [0.05, 0.1) is 27.0 Å². The maximum atomic E-state index is 12.6. The summed E-state index contributed by atoms with van der Waals surface area (Å²) in [6.07, 6.45) is 1.36. The summed E-state index contributed by atoms with van der Waals surface area (Å²) in [6.45, 7) is 1.79. The van der Waals surface area contributed by atoms with Crippen LogP contribution in [-0.4, -0.2) is 32.3 Å². The molecule has 0 heterocycles. The third kappa shape index (κ3) is 4.48. The van der Waals surface area contributed by atoms with Crippen LogP contribution in [0, 0.1) is 18.3 Å². The molecule has 0 aliphatic carbocycles. The fraction of sp³-hybridized carbons (Fsp3) is 0.200. The van der Waals surface area contributed by atoms with E-state index in [9.17, 15) is 15.2 Å². The molecule has 146 valence electrons. The second-order valence-corrected chi connectivity index (χ2v) is 6.11. The van der Waals surface area contributed by atoms with E-state index in [1.54, 1.807) is 19.1 Å². The number of ether oxygens (including phenoxy) is 3. The van der Waals surface area contributed by atoms with Gasteiger partial charge in [0, 0.05) is 11.1 Å². The number of amides is 1. The number of aryl methyl sites for hydroxylation is 1. The Morgan fingerprint density at radius 1 is 1.11 bits per heavy atom. The highest BCUT2D eigenvalue weighted by atomic mass is 35.5. The van der Waals surface area contributed by atoms with E-state index in [4.69, 9.17) is 25.8 Å².